The fourth-order valence-electron chi connectivity index (χ4n) is 3.51. The van der Waals surface area contributed by atoms with E-state index < -0.39 is 15.5 Å². The van der Waals surface area contributed by atoms with Crippen LogP contribution in [0.25, 0.3) is 0 Å². The first-order chi connectivity index (χ1) is 11.4. The third kappa shape index (κ3) is 2.95. The molecule has 1 aromatic rings. The molecule has 128 valence electrons. The van der Waals surface area contributed by atoms with Gasteiger partial charge in [-0.25, -0.2) is 0 Å². The topological polar surface area (TPSA) is 107 Å². The number of benzene rings is 1. The van der Waals surface area contributed by atoms with E-state index in [1.807, 2.05) is 4.90 Å². The number of hydrogen-bond acceptors (Lipinski definition) is 5. The highest BCUT2D eigenvalue weighted by atomic mass is 16.6. The molecule has 0 aromatic heterocycles. The van der Waals surface area contributed by atoms with E-state index in [4.69, 9.17) is 0 Å². The van der Waals surface area contributed by atoms with Crippen molar-refractivity contribution >= 4 is 17.3 Å². The molecule has 0 saturated heterocycles. The summed E-state index contributed by atoms with van der Waals surface area (Å²) in [5, 5.41) is 22.3. The van der Waals surface area contributed by atoms with Crippen molar-refractivity contribution in [3.8, 4) is 0 Å². The third-order valence-corrected chi connectivity index (χ3v) is 4.90. The van der Waals surface area contributed by atoms with Gasteiger partial charge in [-0.1, -0.05) is 12.8 Å². The number of amides is 1. The highest BCUT2D eigenvalue weighted by Crippen LogP contribution is 2.37. The molecule has 1 amide bonds. The maximum atomic E-state index is 13.1. The molecular weight excluding hydrogens is 314 g/mol. The summed E-state index contributed by atoms with van der Waals surface area (Å²) >= 11 is 0. The highest BCUT2D eigenvalue weighted by molar-refractivity contribution is 5.98. The zero-order chi connectivity index (χ0) is 17.4. The van der Waals surface area contributed by atoms with E-state index in [2.05, 4.69) is 0 Å². The van der Waals surface area contributed by atoms with Crippen molar-refractivity contribution < 1.29 is 14.6 Å². The Kier molecular flexibility index (Phi) is 4.21. The largest absolute Gasteiger partial charge is 0.333 e. The van der Waals surface area contributed by atoms with Crippen LogP contribution in [0.5, 0.6) is 0 Å². The minimum atomic E-state index is -0.694. The van der Waals surface area contributed by atoms with Crippen LogP contribution in [0.1, 0.15) is 54.4 Å². The average Bonchev–Trinajstić information content (AvgIpc) is 3.21. The Balaban J connectivity index is 2.04. The molecule has 0 N–H and O–H groups in total. The molecule has 1 aromatic carbocycles. The van der Waals surface area contributed by atoms with Crippen molar-refractivity contribution in [1.82, 2.24) is 4.90 Å². The number of hydrogen-bond donors (Lipinski definition) is 0. The molecular formula is C16H19N3O5. The Hall–Kier alpha value is -2.51. The predicted molar refractivity (Wildman–Crippen MR) is 85.9 cm³/mol. The maximum absolute atomic E-state index is 13.1. The molecule has 8 nitrogen and oxygen atoms in total. The van der Waals surface area contributed by atoms with Crippen LogP contribution in [-0.4, -0.2) is 32.7 Å². The summed E-state index contributed by atoms with van der Waals surface area (Å²) in [6.45, 7) is 1.48. The van der Waals surface area contributed by atoms with Gasteiger partial charge in [-0.15, -0.1) is 0 Å². The second-order valence-corrected chi connectivity index (χ2v) is 6.53. The lowest BCUT2D eigenvalue weighted by molar-refractivity contribution is -0.394. The summed E-state index contributed by atoms with van der Waals surface area (Å²) in [7, 11) is 0. The molecule has 24 heavy (non-hydrogen) atoms. The van der Waals surface area contributed by atoms with Gasteiger partial charge < -0.3 is 4.90 Å². The van der Waals surface area contributed by atoms with Gasteiger partial charge >= 0.3 is 0 Å². The second-order valence-electron chi connectivity index (χ2n) is 6.53. The third-order valence-electron chi connectivity index (χ3n) is 4.90. The normalized spacial score (nSPS) is 17.7. The Bertz CT molecular complexity index is 708. The molecule has 0 aliphatic heterocycles. The second kappa shape index (κ2) is 6.18. The van der Waals surface area contributed by atoms with Crippen molar-refractivity contribution in [3.63, 3.8) is 0 Å². The Labute approximate surface area is 138 Å². The SMILES string of the molecule is Cc1c(C(=O)N(C2CCCC2)C2CC2)cc([N+](=O)[O-])cc1[N+](=O)[O-]. The number of rotatable bonds is 5. The summed E-state index contributed by atoms with van der Waals surface area (Å²) in [6.07, 6.45) is 5.84. The quantitative estimate of drug-likeness (QED) is 0.606. The molecule has 2 saturated carbocycles. The van der Waals surface area contributed by atoms with Crippen molar-refractivity contribution in [2.45, 2.75) is 57.5 Å². The molecule has 3 rings (SSSR count). The van der Waals surface area contributed by atoms with E-state index in [0.29, 0.717) is 0 Å². The number of non-ortho nitro benzene ring substituents is 1. The van der Waals surface area contributed by atoms with E-state index in [1.54, 1.807) is 0 Å². The van der Waals surface area contributed by atoms with Crippen LogP contribution < -0.4 is 0 Å². The van der Waals surface area contributed by atoms with Crippen LogP contribution in [0.3, 0.4) is 0 Å². The van der Waals surface area contributed by atoms with E-state index >= 15 is 0 Å². The Morgan fingerprint density at radius 2 is 1.62 bits per heavy atom. The van der Waals surface area contributed by atoms with Gasteiger partial charge in [0.05, 0.1) is 21.5 Å². The molecule has 0 atom stereocenters. The minimum absolute atomic E-state index is 0.0784. The zero-order valence-electron chi connectivity index (χ0n) is 13.4. The fraction of sp³-hybridized carbons (Fsp3) is 0.562. The van der Waals surface area contributed by atoms with Gasteiger partial charge in [0.2, 0.25) is 0 Å². The predicted octanol–water partition coefficient (Wildman–Crippen LogP) is 3.36. The smallest absolute Gasteiger partial charge is 0.279 e. The Morgan fingerprint density at radius 3 is 2.12 bits per heavy atom. The summed E-state index contributed by atoms with van der Waals surface area (Å²) in [6, 6.07) is 2.40. The van der Waals surface area contributed by atoms with Gasteiger partial charge in [0.15, 0.2) is 0 Å². The lowest BCUT2D eigenvalue weighted by Gasteiger charge is -2.29. The molecule has 8 heteroatoms. The van der Waals surface area contributed by atoms with Gasteiger partial charge in [0.1, 0.15) is 0 Å². The first-order valence-corrected chi connectivity index (χ1v) is 8.16. The Morgan fingerprint density at radius 1 is 1.04 bits per heavy atom. The molecule has 2 aliphatic carbocycles. The monoisotopic (exact) mass is 333 g/mol. The molecule has 0 spiro atoms. The summed E-state index contributed by atoms with van der Waals surface area (Å²) in [5.41, 5.74) is -0.526. The number of nitro benzene ring substituents is 2. The van der Waals surface area contributed by atoms with Crippen molar-refractivity contribution in [2.24, 2.45) is 0 Å². The van der Waals surface area contributed by atoms with Crippen LogP contribution in [0.4, 0.5) is 11.4 Å². The molecule has 0 bridgehead atoms. The van der Waals surface area contributed by atoms with Crippen molar-refractivity contribution in [1.29, 1.82) is 0 Å². The average molecular weight is 333 g/mol. The highest BCUT2D eigenvalue weighted by Gasteiger charge is 2.40. The van der Waals surface area contributed by atoms with Crippen molar-refractivity contribution in [2.75, 3.05) is 0 Å². The first kappa shape index (κ1) is 16.4. The van der Waals surface area contributed by atoms with Crippen LogP contribution in [0.15, 0.2) is 12.1 Å². The first-order valence-electron chi connectivity index (χ1n) is 8.16. The van der Waals surface area contributed by atoms with Gasteiger partial charge in [-0.3, -0.25) is 25.0 Å². The van der Waals surface area contributed by atoms with E-state index in [-0.39, 0.29) is 34.8 Å². The molecule has 2 fully saturated rings. The molecule has 2 aliphatic rings. The molecule has 0 radical (unpaired) electrons. The van der Waals surface area contributed by atoms with Crippen molar-refractivity contribution in [3.05, 3.63) is 43.5 Å². The summed E-state index contributed by atoms with van der Waals surface area (Å²) < 4.78 is 0. The number of nitro groups is 2. The van der Waals surface area contributed by atoms with Crippen LogP contribution in [0, 0.1) is 27.2 Å². The zero-order valence-corrected chi connectivity index (χ0v) is 13.4. The van der Waals surface area contributed by atoms with E-state index in [9.17, 15) is 25.0 Å². The fourth-order valence-corrected chi connectivity index (χ4v) is 3.51. The van der Waals surface area contributed by atoms with Gasteiger partial charge in [0.25, 0.3) is 17.3 Å². The molecule has 0 unspecified atom stereocenters. The van der Waals surface area contributed by atoms with E-state index in [1.165, 1.54) is 13.0 Å². The number of carbonyl (C=O) groups excluding carboxylic acids is 1. The minimum Gasteiger partial charge on any atom is -0.333 e. The van der Waals surface area contributed by atoms with Crippen LogP contribution >= 0.6 is 0 Å². The van der Waals surface area contributed by atoms with Gasteiger partial charge in [0, 0.05) is 23.7 Å². The lowest BCUT2D eigenvalue weighted by atomic mass is 10.0. The van der Waals surface area contributed by atoms with Crippen LogP contribution in [-0.2, 0) is 0 Å². The number of carbonyl (C=O) groups is 1. The summed E-state index contributed by atoms with van der Waals surface area (Å²) in [5.74, 6) is -0.311. The molecule has 0 heterocycles. The van der Waals surface area contributed by atoms with Gasteiger partial charge in [-0.05, 0) is 32.6 Å². The maximum Gasteiger partial charge on any atom is 0.279 e. The van der Waals surface area contributed by atoms with E-state index in [0.717, 1.165) is 44.6 Å². The summed E-state index contributed by atoms with van der Waals surface area (Å²) in [4.78, 5) is 35.8. The lowest BCUT2D eigenvalue weighted by Crippen LogP contribution is -2.41. The van der Waals surface area contributed by atoms with Gasteiger partial charge in [-0.2, -0.15) is 0 Å². The standard InChI is InChI=1S/C16H19N3O5/c1-10-14(8-13(18(21)22)9-15(10)19(23)24)16(20)17(12-6-7-12)11-4-2-3-5-11/h8-9,11-12H,2-7H2,1H3. The number of nitrogens with zero attached hydrogens (tertiary/aromatic N) is 3. The van der Waals surface area contributed by atoms with Crippen LogP contribution in [0.2, 0.25) is 0 Å².